The predicted molar refractivity (Wildman–Crippen MR) is 98.1 cm³/mol. The highest BCUT2D eigenvalue weighted by Crippen LogP contribution is 2.14. The van der Waals surface area contributed by atoms with Crippen LogP contribution in [-0.2, 0) is 14.3 Å². The van der Waals surface area contributed by atoms with E-state index in [1.54, 1.807) is 0 Å². The molecule has 0 heterocycles. The number of hydrogen-bond acceptors (Lipinski definition) is 3. The summed E-state index contributed by atoms with van der Waals surface area (Å²) in [4.78, 5) is 22.8. The van der Waals surface area contributed by atoms with Crippen LogP contribution < -0.4 is 0 Å². The SMILES string of the molecule is CCCCCCCCCC(=O)O[C@H](CCCCCCC)CC(=O)O. The van der Waals surface area contributed by atoms with Gasteiger partial charge in [-0.25, -0.2) is 0 Å². The van der Waals surface area contributed by atoms with E-state index in [-0.39, 0.29) is 12.4 Å². The van der Waals surface area contributed by atoms with E-state index in [1.807, 2.05) is 0 Å². The van der Waals surface area contributed by atoms with E-state index in [0.29, 0.717) is 12.8 Å². The number of aliphatic carboxylic acids is 1. The second-order valence-corrected chi connectivity index (χ2v) is 6.78. The van der Waals surface area contributed by atoms with Crippen molar-refractivity contribution in [1.29, 1.82) is 0 Å². The van der Waals surface area contributed by atoms with E-state index in [2.05, 4.69) is 13.8 Å². The van der Waals surface area contributed by atoms with Gasteiger partial charge in [0, 0.05) is 6.42 Å². The summed E-state index contributed by atoms with van der Waals surface area (Å²) in [5.74, 6) is -1.12. The van der Waals surface area contributed by atoms with Gasteiger partial charge >= 0.3 is 11.9 Å². The third-order valence-electron chi connectivity index (χ3n) is 4.31. The molecule has 4 heteroatoms. The minimum Gasteiger partial charge on any atom is -0.481 e. The summed E-state index contributed by atoms with van der Waals surface area (Å²) < 4.78 is 5.39. The summed E-state index contributed by atoms with van der Waals surface area (Å²) in [7, 11) is 0. The van der Waals surface area contributed by atoms with E-state index in [9.17, 15) is 9.59 Å². The summed E-state index contributed by atoms with van der Waals surface area (Å²) in [5, 5.41) is 8.96. The van der Waals surface area contributed by atoms with E-state index in [1.165, 1.54) is 51.4 Å². The van der Waals surface area contributed by atoms with Gasteiger partial charge in [0.15, 0.2) is 0 Å². The Bertz CT molecular complexity index is 315. The van der Waals surface area contributed by atoms with Crippen molar-refractivity contribution < 1.29 is 19.4 Å². The Morgan fingerprint density at radius 3 is 1.83 bits per heavy atom. The van der Waals surface area contributed by atoms with Gasteiger partial charge in [0.1, 0.15) is 6.10 Å². The molecule has 1 N–H and O–H groups in total. The molecule has 0 spiro atoms. The second-order valence-electron chi connectivity index (χ2n) is 6.78. The van der Waals surface area contributed by atoms with Crippen LogP contribution in [0.3, 0.4) is 0 Å². The van der Waals surface area contributed by atoms with Crippen LogP contribution in [0.2, 0.25) is 0 Å². The van der Waals surface area contributed by atoms with Gasteiger partial charge in [0.2, 0.25) is 0 Å². The second kappa shape index (κ2) is 16.8. The van der Waals surface area contributed by atoms with Crippen LogP contribution >= 0.6 is 0 Å². The fraction of sp³-hybridized carbons (Fsp3) is 0.900. The van der Waals surface area contributed by atoms with Gasteiger partial charge in [0.05, 0.1) is 6.42 Å². The van der Waals surface area contributed by atoms with Crippen LogP contribution in [0, 0.1) is 0 Å². The van der Waals surface area contributed by atoms with Gasteiger partial charge in [-0.15, -0.1) is 0 Å². The van der Waals surface area contributed by atoms with Gasteiger partial charge in [0.25, 0.3) is 0 Å². The van der Waals surface area contributed by atoms with Crippen LogP contribution in [0.15, 0.2) is 0 Å². The first-order valence-corrected chi connectivity index (χ1v) is 10.0. The first-order valence-electron chi connectivity index (χ1n) is 10.0. The highest BCUT2D eigenvalue weighted by molar-refractivity contribution is 5.71. The number of rotatable bonds is 17. The number of carbonyl (C=O) groups excluding carboxylic acids is 1. The lowest BCUT2D eigenvalue weighted by molar-refractivity contribution is -0.153. The molecule has 0 aromatic carbocycles. The van der Waals surface area contributed by atoms with Crippen molar-refractivity contribution in [2.75, 3.05) is 0 Å². The molecule has 0 bridgehead atoms. The molecule has 0 saturated carbocycles. The molecule has 0 fully saturated rings. The van der Waals surface area contributed by atoms with E-state index >= 15 is 0 Å². The maximum atomic E-state index is 11.9. The van der Waals surface area contributed by atoms with Gasteiger partial charge in [-0.3, -0.25) is 9.59 Å². The van der Waals surface area contributed by atoms with Gasteiger partial charge in [-0.05, 0) is 19.3 Å². The quantitative estimate of drug-likeness (QED) is 0.265. The number of hydrogen-bond donors (Lipinski definition) is 1. The summed E-state index contributed by atoms with van der Waals surface area (Å²) in [5.41, 5.74) is 0. The minimum atomic E-state index is -0.891. The largest absolute Gasteiger partial charge is 0.481 e. The molecule has 1 atom stereocenters. The minimum absolute atomic E-state index is 0.0729. The average Bonchev–Trinajstić information content (AvgIpc) is 2.53. The van der Waals surface area contributed by atoms with Crippen molar-refractivity contribution >= 4 is 11.9 Å². The number of carboxylic acids is 1. The Hall–Kier alpha value is -1.06. The highest BCUT2D eigenvalue weighted by atomic mass is 16.5. The normalized spacial score (nSPS) is 12.1. The summed E-state index contributed by atoms with van der Waals surface area (Å²) in [6.07, 6.45) is 14.3. The maximum Gasteiger partial charge on any atom is 0.307 e. The Labute approximate surface area is 148 Å². The van der Waals surface area contributed by atoms with Crippen molar-refractivity contribution in [3.8, 4) is 0 Å². The topological polar surface area (TPSA) is 63.6 Å². The molecule has 0 aliphatic heterocycles. The molecule has 24 heavy (non-hydrogen) atoms. The van der Waals surface area contributed by atoms with Gasteiger partial charge in [-0.1, -0.05) is 78.1 Å². The van der Waals surface area contributed by atoms with Crippen LogP contribution in [0.4, 0.5) is 0 Å². The molecule has 4 nitrogen and oxygen atoms in total. The maximum absolute atomic E-state index is 11.9. The summed E-state index contributed by atoms with van der Waals surface area (Å²) >= 11 is 0. The standard InChI is InChI=1S/C20H38O4/c1-3-5-7-9-10-12-14-16-20(23)24-18(17-19(21)22)15-13-11-8-6-4-2/h18H,3-17H2,1-2H3,(H,21,22)/t18-/m1/s1. The van der Waals surface area contributed by atoms with E-state index in [0.717, 1.165) is 25.7 Å². The number of unbranched alkanes of at least 4 members (excludes halogenated alkanes) is 10. The Morgan fingerprint density at radius 2 is 1.29 bits per heavy atom. The Kier molecular flexibility index (Phi) is 16.0. The molecular weight excluding hydrogens is 304 g/mol. The lowest BCUT2D eigenvalue weighted by Gasteiger charge is -2.16. The van der Waals surface area contributed by atoms with Crippen LogP contribution in [0.25, 0.3) is 0 Å². The van der Waals surface area contributed by atoms with Crippen molar-refractivity contribution in [1.82, 2.24) is 0 Å². The fourth-order valence-corrected chi connectivity index (χ4v) is 2.84. The summed E-state index contributed by atoms with van der Waals surface area (Å²) in [6.45, 7) is 4.37. The third-order valence-corrected chi connectivity index (χ3v) is 4.31. The molecule has 0 aliphatic rings. The molecule has 0 unspecified atom stereocenters. The van der Waals surface area contributed by atoms with Crippen molar-refractivity contribution in [2.24, 2.45) is 0 Å². The average molecular weight is 343 g/mol. The van der Waals surface area contributed by atoms with Gasteiger partial charge < -0.3 is 9.84 Å². The van der Waals surface area contributed by atoms with Crippen molar-refractivity contribution in [3.05, 3.63) is 0 Å². The molecule has 0 aromatic rings. The van der Waals surface area contributed by atoms with E-state index < -0.39 is 12.1 Å². The van der Waals surface area contributed by atoms with Crippen LogP contribution in [0.5, 0.6) is 0 Å². The van der Waals surface area contributed by atoms with Crippen LogP contribution in [-0.4, -0.2) is 23.1 Å². The zero-order valence-electron chi connectivity index (χ0n) is 15.9. The molecule has 0 aliphatic carbocycles. The zero-order valence-corrected chi connectivity index (χ0v) is 15.9. The zero-order chi connectivity index (χ0) is 18.0. The molecule has 142 valence electrons. The number of carbonyl (C=O) groups is 2. The van der Waals surface area contributed by atoms with Crippen molar-refractivity contribution in [2.45, 2.75) is 116 Å². The highest BCUT2D eigenvalue weighted by Gasteiger charge is 2.17. The van der Waals surface area contributed by atoms with Crippen molar-refractivity contribution in [3.63, 3.8) is 0 Å². The third kappa shape index (κ3) is 15.8. The predicted octanol–water partition coefficient (Wildman–Crippen LogP) is 5.87. The molecule has 0 radical (unpaired) electrons. The summed E-state index contributed by atoms with van der Waals surface area (Å²) in [6, 6.07) is 0. The molecule has 0 aromatic heterocycles. The molecular formula is C20H38O4. The number of ether oxygens (including phenoxy) is 1. The van der Waals surface area contributed by atoms with E-state index in [4.69, 9.17) is 9.84 Å². The molecule has 0 amide bonds. The molecule has 0 rings (SSSR count). The van der Waals surface area contributed by atoms with Gasteiger partial charge in [-0.2, -0.15) is 0 Å². The monoisotopic (exact) mass is 342 g/mol. The first-order chi connectivity index (χ1) is 11.6. The Balaban J connectivity index is 3.83. The lowest BCUT2D eigenvalue weighted by Crippen LogP contribution is -2.21. The smallest absolute Gasteiger partial charge is 0.307 e. The molecule has 0 saturated heterocycles. The van der Waals surface area contributed by atoms with Crippen LogP contribution in [0.1, 0.15) is 110 Å². The lowest BCUT2D eigenvalue weighted by atomic mass is 10.1. The fourth-order valence-electron chi connectivity index (χ4n) is 2.84. The first kappa shape index (κ1) is 22.9. The Morgan fingerprint density at radius 1 is 0.792 bits per heavy atom. The number of carboxylic acid groups (broad SMARTS) is 1. The number of esters is 1.